The molecule has 6 heteroatoms. The van der Waals surface area contributed by atoms with Gasteiger partial charge < -0.3 is 14.4 Å². The average Bonchev–Trinajstić information content (AvgIpc) is 3.18. The molecule has 3 aliphatic heterocycles. The van der Waals surface area contributed by atoms with Crippen LogP contribution in [0, 0.1) is 5.92 Å². The van der Waals surface area contributed by atoms with E-state index < -0.39 is 0 Å². The zero-order chi connectivity index (χ0) is 20.6. The standard InChI is InChI=1S/C24H29N3O3/c1-26-10-8-18(14-29-15-19-5-4-9-25-13-19)12-24(26)16-27(17-24)23(28)22-11-20-6-2-3-7-21(20)30-22/h2-7,9,13,18,22H,8,10-12,14-17H2,1H3/t18-,22-/m0/s1. The molecule has 1 aromatic carbocycles. The van der Waals surface area contributed by atoms with Crippen LogP contribution in [0.15, 0.2) is 48.8 Å². The number of ether oxygens (including phenoxy) is 2. The highest BCUT2D eigenvalue weighted by molar-refractivity contribution is 5.83. The van der Waals surface area contributed by atoms with Crippen molar-refractivity contribution < 1.29 is 14.3 Å². The number of carbonyl (C=O) groups excluding carboxylic acids is 1. The predicted octanol–water partition coefficient (Wildman–Crippen LogP) is 2.52. The maximum absolute atomic E-state index is 13.0. The Morgan fingerprint density at radius 1 is 1.27 bits per heavy atom. The van der Waals surface area contributed by atoms with E-state index in [2.05, 4.69) is 16.9 Å². The van der Waals surface area contributed by atoms with Crippen molar-refractivity contribution in [1.29, 1.82) is 0 Å². The first kappa shape index (κ1) is 19.5. The highest BCUT2D eigenvalue weighted by atomic mass is 16.5. The van der Waals surface area contributed by atoms with Gasteiger partial charge in [-0.15, -0.1) is 0 Å². The Kier molecular flexibility index (Phi) is 5.21. The van der Waals surface area contributed by atoms with Crippen LogP contribution in [-0.2, 0) is 22.6 Å². The van der Waals surface area contributed by atoms with Crippen LogP contribution in [0.4, 0.5) is 0 Å². The van der Waals surface area contributed by atoms with E-state index in [0.717, 1.165) is 56.0 Å². The Morgan fingerprint density at radius 3 is 2.93 bits per heavy atom. The summed E-state index contributed by atoms with van der Waals surface area (Å²) in [5.74, 6) is 1.51. The lowest BCUT2D eigenvalue weighted by molar-refractivity contribution is -0.157. The predicted molar refractivity (Wildman–Crippen MR) is 113 cm³/mol. The maximum atomic E-state index is 13.0. The third-order valence-corrected chi connectivity index (χ3v) is 6.90. The molecule has 0 bridgehead atoms. The summed E-state index contributed by atoms with van der Waals surface area (Å²) in [6.45, 7) is 4.00. The third-order valence-electron chi connectivity index (χ3n) is 6.90. The van der Waals surface area contributed by atoms with Crippen molar-refractivity contribution >= 4 is 5.91 Å². The molecule has 1 aromatic heterocycles. The molecule has 0 aliphatic carbocycles. The molecule has 2 atom stereocenters. The number of nitrogens with zero attached hydrogens (tertiary/aromatic N) is 3. The van der Waals surface area contributed by atoms with Gasteiger partial charge >= 0.3 is 0 Å². The lowest BCUT2D eigenvalue weighted by Gasteiger charge is -2.58. The second-order valence-corrected chi connectivity index (χ2v) is 8.99. The molecule has 0 unspecified atom stereocenters. The van der Waals surface area contributed by atoms with Crippen LogP contribution in [0.2, 0.25) is 0 Å². The molecular weight excluding hydrogens is 378 g/mol. The summed E-state index contributed by atoms with van der Waals surface area (Å²) in [7, 11) is 2.19. The molecule has 1 spiro atoms. The Hall–Kier alpha value is -2.44. The molecule has 2 saturated heterocycles. The van der Waals surface area contributed by atoms with E-state index in [-0.39, 0.29) is 17.6 Å². The van der Waals surface area contributed by atoms with Gasteiger partial charge in [0.2, 0.25) is 0 Å². The molecule has 3 aliphatic rings. The van der Waals surface area contributed by atoms with Crippen LogP contribution in [0.25, 0.3) is 0 Å². The van der Waals surface area contributed by atoms with Gasteiger partial charge in [0.1, 0.15) is 5.75 Å². The van der Waals surface area contributed by atoms with Gasteiger partial charge in [-0.2, -0.15) is 0 Å². The third kappa shape index (κ3) is 3.70. The summed E-state index contributed by atoms with van der Waals surface area (Å²) < 4.78 is 11.9. The van der Waals surface area contributed by atoms with Crippen LogP contribution in [0.3, 0.4) is 0 Å². The van der Waals surface area contributed by atoms with E-state index in [9.17, 15) is 4.79 Å². The number of pyridine rings is 1. The molecule has 6 nitrogen and oxygen atoms in total. The number of carbonyl (C=O) groups is 1. The number of fused-ring (bicyclic) bond motifs is 1. The Balaban J connectivity index is 1.13. The van der Waals surface area contributed by atoms with Gasteiger partial charge in [0.15, 0.2) is 6.10 Å². The van der Waals surface area contributed by atoms with Gasteiger partial charge in [0.05, 0.1) is 12.1 Å². The highest BCUT2D eigenvalue weighted by Crippen LogP contribution is 2.39. The first-order valence-electron chi connectivity index (χ1n) is 10.8. The topological polar surface area (TPSA) is 54.9 Å². The monoisotopic (exact) mass is 407 g/mol. The van der Waals surface area contributed by atoms with E-state index in [0.29, 0.717) is 18.9 Å². The SMILES string of the molecule is CN1CC[C@H](COCc2cccnc2)CC12CN(C(=O)[C@@H]1Cc3ccccc3O1)C2. The smallest absolute Gasteiger partial charge is 0.264 e. The van der Waals surface area contributed by atoms with Crippen LogP contribution in [0.5, 0.6) is 5.75 Å². The first-order chi connectivity index (χ1) is 14.6. The summed E-state index contributed by atoms with van der Waals surface area (Å²) in [6.07, 6.45) is 6.16. The van der Waals surface area contributed by atoms with E-state index in [4.69, 9.17) is 9.47 Å². The van der Waals surface area contributed by atoms with Crippen molar-refractivity contribution in [3.63, 3.8) is 0 Å². The molecule has 158 valence electrons. The Bertz CT molecular complexity index is 873. The van der Waals surface area contributed by atoms with Gasteiger partial charge in [0.25, 0.3) is 5.91 Å². The quantitative estimate of drug-likeness (QED) is 0.762. The lowest BCUT2D eigenvalue weighted by atomic mass is 9.75. The largest absolute Gasteiger partial charge is 0.480 e. The lowest BCUT2D eigenvalue weighted by Crippen LogP contribution is -2.73. The van der Waals surface area contributed by atoms with E-state index >= 15 is 0 Å². The van der Waals surface area contributed by atoms with Gasteiger partial charge in [-0.3, -0.25) is 14.7 Å². The molecule has 5 rings (SSSR count). The number of hydrogen-bond donors (Lipinski definition) is 0. The van der Waals surface area contributed by atoms with Crippen molar-refractivity contribution in [1.82, 2.24) is 14.8 Å². The fourth-order valence-electron chi connectivity index (χ4n) is 5.09. The van der Waals surface area contributed by atoms with Crippen molar-refractivity contribution in [3.05, 3.63) is 59.9 Å². The van der Waals surface area contributed by atoms with Crippen LogP contribution in [0.1, 0.15) is 24.0 Å². The first-order valence-corrected chi connectivity index (χ1v) is 10.8. The molecule has 1 amide bonds. The Labute approximate surface area is 177 Å². The number of likely N-dealkylation sites (N-methyl/N-ethyl adjacent to an activating group) is 1. The van der Waals surface area contributed by atoms with Gasteiger partial charge in [-0.1, -0.05) is 24.3 Å². The van der Waals surface area contributed by atoms with Crippen LogP contribution < -0.4 is 4.74 Å². The number of para-hydroxylation sites is 1. The fourth-order valence-corrected chi connectivity index (χ4v) is 5.09. The fraction of sp³-hybridized carbons (Fsp3) is 0.500. The Morgan fingerprint density at radius 2 is 2.13 bits per heavy atom. The van der Waals surface area contributed by atoms with Gasteiger partial charge in [0, 0.05) is 38.5 Å². The molecule has 0 N–H and O–H groups in total. The van der Waals surface area contributed by atoms with E-state index in [1.807, 2.05) is 47.5 Å². The van der Waals surface area contributed by atoms with Crippen LogP contribution in [-0.4, -0.2) is 65.6 Å². The zero-order valence-electron chi connectivity index (χ0n) is 17.5. The minimum atomic E-state index is -0.368. The molecule has 4 heterocycles. The van der Waals surface area contributed by atoms with E-state index in [1.54, 1.807) is 6.20 Å². The molecule has 2 aromatic rings. The molecule has 2 fully saturated rings. The molecular formula is C24H29N3O3. The number of rotatable bonds is 5. The molecule has 0 radical (unpaired) electrons. The summed E-state index contributed by atoms with van der Waals surface area (Å²) in [5.41, 5.74) is 2.33. The van der Waals surface area contributed by atoms with Crippen molar-refractivity contribution in [2.45, 2.75) is 37.5 Å². The second kappa shape index (κ2) is 8.00. The average molecular weight is 408 g/mol. The summed E-state index contributed by atoms with van der Waals surface area (Å²) in [6, 6.07) is 11.9. The van der Waals surface area contributed by atoms with Gasteiger partial charge in [-0.25, -0.2) is 0 Å². The minimum Gasteiger partial charge on any atom is -0.480 e. The number of likely N-dealkylation sites (tertiary alicyclic amines) is 2. The maximum Gasteiger partial charge on any atom is 0.264 e. The number of aromatic nitrogens is 1. The van der Waals surface area contributed by atoms with Crippen molar-refractivity contribution in [2.75, 3.05) is 33.3 Å². The van der Waals surface area contributed by atoms with Crippen LogP contribution >= 0.6 is 0 Å². The van der Waals surface area contributed by atoms with E-state index in [1.165, 1.54) is 0 Å². The summed E-state index contributed by atoms with van der Waals surface area (Å²) >= 11 is 0. The number of amides is 1. The molecule has 0 saturated carbocycles. The summed E-state index contributed by atoms with van der Waals surface area (Å²) in [4.78, 5) is 21.6. The summed E-state index contributed by atoms with van der Waals surface area (Å²) in [5, 5.41) is 0. The number of benzene rings is 1. The van der Waals surface area contributed by atoms with Crippen molar-refractivity contribution in [2.24, 2.45) is 5.92 Å². The number of piperidine rings is 1. The highest BCUT2D eigenvalue weighted by Gasteiger charge is 2.52. The normalized spacial score (nSPS) is 24.9. The minimum absolute atomic E-state index is 0.0850. The zero-order valence-corrected chi connectivity index (χ0v) is 17.5. The van der Waals surface area contributed by atoms with Crippen molar-refractivity contribution in [3.8, 4) is 5.75 Å². The second-order valence-electron chi connectivity index (χ2n) is 8.99. The number of hydrogen-bond acceptors (Lipinski definition) is 5. The molecule has 30 heavy (non-hydrogen) atoms. The van der Waals surface area contributed by atoms with Gasteiger partial charge in [-0.05, 0) is 55.6 Å².